The lowest BCUT2D eigenvalue weighted by Crippen LogP contribution is -2.25. The van der Waals surface area contributed by atoms with Gasteiger partial charge in [-0.25, -0.2) is 4.79 Å². The van der Waals surface area contributed by atoms with Crippen LogP contribution in [-0.4, -0.2) is 37.4 Å². The summed E-state index contributed by atoms with van der Waals surface area (Å²) < 4.78 is 10.6. The van der Waals surface area contributed by atoms with Crippen molar-refractivity contribution in [2.75, 3.05) is 30.4 Å². The number of hydrogen-bond donors (Lipinski definition) is 2. The van der Waals surface area contributed by atoms with Gasteiger partial charge in [-0.2, -0.15) is 0 Å². The maximum atomic E-state index is 12.6. The molecule has 32 heavy (non-hydrogen) atoms. The number of amides is 1. The Morgan fingerprint density at radius 3 is 2.84 bits per heavy atom. The van der Waals surface area contributed by atoms with E-state index in [0.29, 0.717) is 28.3 Å². The molecule has 1 aliphatic heterocycles. The third-order valence-corrected chi connectivity index (χ3v) is 5.56. The van der Waals surface area contributed by atoms with Gasteiger partial charge in [-0.3, -0.25) is 9.59 Å². The summed E-state index contributed by atoms with van der Waals surface area (Å²) in [6.07, 6.45) is 8.06. The highest BCUT2D eigenvalue weighted by Gasteiger charge is 2.19. The minimum Gasteiger partial charge on any atom is -0.482 e. The number of ether oxygens (including phenoxy) is 2. The van der Waals surface area contributed by atoms with Crippen molar-refractivity contribution in [1.29, 1.82) is 0 Å². The van der Waals surface area contributed by atoms with Crippen LogP contribution in [0.1, 0.15) is 52.8 Å². The predicted octanol–water partition coefficient (Wildman–Crippen LogP) is 4.36. The fraction of sp³-hybridized carbons (Fsp3) is 0.320. The number of fused-ring (bicyclic) bond motifs is 1. The minimum atomic E-state index is -0.562. The van der Waals surface area contributed by atoms with Crippen molar-refractivity contribution >= 4 is 29.0 Å². The molecule has 1 aliphatic carbocycles. The summed E-state index contributed by atoms with van der Waals surface area (Å²) in [5.41, 5.74) is 3.30. The Kier molecular flexibility index (Phi) is 6.84. The monoisotopic (exact) mass is 434 g/mol. The third-order valence-electron chi connectivity index (χ3n) is 5.56. The lowest BCUT2D eigenvalue weighted by molar-refractivity contribution is -0.118. The van der Waals surface area contributed by atoms with Gasteiger partial charge in [0.05, 0.1) is 11.3 Å². The van der Waals surface area contributed by atoms with E-state index in [-0.39, 0.29) is 18.3 Å². The minimum absolute atomic E-state index is 0.0526. The van der Waals surface area contributed by atoms with E-state index in [1.165, 1.54) is 24.5 Å². The van der Waals surface area contributed by atoms with Crippen LogP contribution in [0.4, 0.5) is 11.4 Å². The molecule has 2 aliphatic rings. The lowest BCUT2D eigenvalue weighted by Gasteiger charge is -2.18. The van der Waals surface area contributed by atoms with Crippen molar-refractivity contribution < 1.29 is 23.9 Å². The van der Waals surface area contributed by atoms with E-state index in [1.807, 2.05) is 12.1 Å². The quantitative estimate of drug-likeness (QED) is 0.364. The normalized spacial score (nSPS) is 15.0. The average Bonchev–Trinajstić information content (AvgIpc) is 2.83. The smallest absolute Gasteiger partial charge is 0.340 e. The standard InChI is InChI=1S/C25H26N2O5/c28-22(18-10-11-23-21(14-18)27-24(29)16-31-23)15-32-25(30)19-8-4-5-9-20(19)26-13-12-17-6-2-1-3-7-17/h4-6,8-11,14,26H,1-3,7,12-13,15-16H2,(H,27,29). The number of carbonyl (C=O) groups is 3. The molecular formula is C25H26N2O5. The number of nitrogens with one attached hydrogen (secondary N) is 2. The number of Topliss-reactive ketones (excluding diaryl/α,β-unsaturated/α-hetero) is 1. The van der Waals surface area contributed by atoms with Gasteiger partial charge < -0.3 is 20.1 Å². The molecule has 0 spiro atoms. The Morgan fingerprint density at radius 1 is 1.12 bits per heavy atom. The zero-order valence-electron chi connectivity index (χ0n) is 17.8. The Hall–Kier alpha value is -3.61. The largest absolute Gasteiger partial charge is 0.482 e. The third kappa shape index (κ3) is 5.35. The second-order valence-electron chi connectivity index (χ2n) is 7.88. The summed E-state index contributed by atoms with van der Waals surface area (Å²) in [4.78, 5) is 36.6. The molecule has 0 unspecified atom stereocenters. The van der Waals surface area contributed by atoms with E-state index < -0.39 is 12.6 Å². The number of carbonyl (C=O) groups excluding carboxylic acids is 3. The molecular weight excluding hydrogens is 408 g/mol. The molecule has 0 saturated heterocycles. The Balaban J connectivity index is 1.34. The molecule has 4 rings (SSSR count). The highest BCUT2D eigenvalue weighted by atomic mass is 16.5. The summed E-state index contributed by atoms with van der Waals surface area (Å²) in [5, 5.41) is 5.98. The molecule has 0 radical (unpaired) electrons. The van der Waals surface area contributed by atoms with Gasteiger partial charge in [-0.05, 0) is 62.4 Å². The van der Waals surface area contributed by atoms with Crippen LogP contribution in [0.2, 0.25) is 0 Å². The van der Waals surface area contributed by atoms with Crippen LogP contribution >= 0.6 is 0 Å². The first-order valence-corrected chi connectivity index (χ1v) is 10.9. The van der Waals surface area contributed by atoms with Gasteiger partial charge in [0.1, 0.15) is 5.75 Å². The van der Waals surface area contributed by atoms with Gasteiger partial charge in [0.2, 0.25) is 0 Å². The van der Waals surface area contributed by atoms with Crippen molar-refractivity contribution in [2.24, 2.45) is 0 Å². The average molecular weight is 434 g/mol. The SMILES string of the molecule is O=C1COc2ccc(C(=O)COC(=O)c3ccccc3NCCC3=CCCCC3)cc2N1. The van der Waals surface area contributed by atoms with E-state index >= 15 is 0 Å². The summed E-state index contributed by atoms with van der Waals surface area (Å²) in [7, 11) is 0. The fourth-order valence-electron chi connectivity index (χ4n) is 3.85. The molecule has 1 amide bonds. The van der Waals surface area contributed by atoms with Gasteiger partial charge >= 0.3 is 5.97 Å². The van der Waals surface area contributed by atoms with E-state index in [0.717, 1.165) is 25.8 Å². The van der Waals surface area contributed by atoms with Crippen LogP contribution in [-0.2, 0) is 9.53 Å². The van der Waals surface area contributed by atoms with Gasteiger partial charge in [-0.1, -0.05) is 23.8 Å². The van der Waals surface area contributed by atoms with Crippen LogP contribution in [0.3, 0.4) is 0 Å². The highest BCUT2D eigenvalue weighted by molar-refractivity contribution is 6.03. The molecule has 2 N–H and O–H groups in total. The van der Waals surface area contributed by atoms with E-state index in [2.05, 4.69) is 16.7 Å². The maximum absolute atomic E-state index is 12.6. The van der Waals surface area contributed by atoms with Gasteiger partial charge in [0.25, 0.3) is 5.91 Å². The maximum Gasteiger partial charge on any atom is 0.340 e. The molecule has 0 atom stereocenters. The Bertz CT molecular complexity index is 1060. The van der Waals surface area contributed by atoms with Crippen LogP contribution < -0.4 is 15.4 Å². The highest BCUT2D eigenvalue weighted by Crippen LogP contribution is 2.28. The number of anilines is 2. The van der Waals surface area contributed by atoms with Crippen molar-refractivity contribution in [3.05, 3.63) is 65.2 Å². The first-order valence-electron chi connectivity index (χ1n) is 10.9. The van der Waals surface area contributed by atoms with Crippen molar-refractivity contribution in [2.45, 2.75) is 32.1 Å². The molecule has 0 fully saturated rings. The summed E-state index contributed by atoms with van der Waals surface area (Å²) in [6.45, 7) is 0.286. The van der Waals surface area contributed by atoms with Crippen molar-refractivity contribution in [1.82, 2.24) is 0 Å². The Labute approximate surface area is 186 Å². The molecule has 2 aromatic rings. The summed E-state index contributed by atoms with van der Waals surface area (Å²) in [6, 6.07) is 11.9. The second-order valence-corrected chi connectivity index (χ2v) is 7.88. The fourth-order valence-corrected chi connectivity index (χ4v) is 3.85. The second kappa shape index (κ2) is 10.1. The number of ketones is 1. The number of esters is 1. The molecule has 7 nitrogen and oxygen atoms in total. The molecule has 2 aromatic carbocycles. The number of rotatable bonds is 8. The van der Waals surface area contributed by atoms with Crippen molar-refractivity contribution in [3.8, 4) is 5.75 Å². The predicted molar refractivity (Wildman–Crippen MR) is 121 cm³/mol. The van der Waals surface area contributed by atoms with E-state index in [1.54, 1.807) is 24.3 Å². The first kappa shape index (κ1) is 21.6. The van der Waals surface area contributed by atoms with Crippen molar-refractivity contribution in [3.63, 3.8) is 0 Å². The zero-order chi connectivity index (χ0) is 22.3. The molecule has 0 aromatic heterocycles. The number of benzene rings is 2. The first-order chi connectivity index (χ1) is 15.6. The van der Waals surface area contributed by atoms with Crippen LogP contribution in [0.15, 0.2) is 54.1 Å². The summed E-state index contributed by atoms with van der Waals surface area (Å²) in [5.74, 6) is -0.705. The lowest BCUT2D eigenvalue weighted by atomic mass is 9.97. The van der Waals surface area contributed by atoms with E-state index in [4.69, 9.17) is 9.47 Å². The number of hydrogen-bond acceptors (Lipinski definition) is 6. The Morgan fingerprint density at radius 2 is 2.00 bits per heavy atom. The van der Waals surface area contributed by atoms with Gasteiger partial charge in [0.15, 0.2) is 19.0 Å². The topological polar surface area (TPSA) is 93.7 Å². The van der Waals surface area contributed by atoms with Crippen LogP contribution in [0, 0.1) is 0 Å². The zero-order valence-corrected chi connectivity index (χ0v) is 17.8. The molecule has 166 valence electrons. The number of para-hydroxylation sites is 1. The molecule has 0 bridgehead atoms. The van der Waals surface area contributed by atoms with Gasteiger partial charge in [-0.15, -0.1) is 0 Å². The number of allylic oxidation sites excluding steroid dienone is 1. The summed E-state index contributed by atoms with van der Waals surface area (Å²) >= 11 is 0. The van der Waals surface area contributed by atoms with Crippen LogP contribution in [0.5, 0.6) is 5.75 Å². The van der Waals surface area contributed by atoms with E-state index in [9.17, 15) is 14.4 Å². The van der Waals surface area contributed by atoms with Gasteiger partial charge in [0, 0.05) is 17.8 Å². The molecule has 7 heteroatoms. The van der Waals surface area contributed by atoms with Crippen LogP contribution in [0.25, 0.3) is 0 Å². The molecule has 1 heterocycles. The molecule has 0 saturated carbocycles.